The van der Waals surface area contributed by atoms with Crippen molar-refractivity contribution >= 4 is 35.6 Å². The van der Waals surface area contributed by atoms with Crippen LogP contribution in [0.1, 0.15) is 33.1 Å². The third-order valence-corrected chi connectivity index (χ3v) is 4.53. The van der Waals surface area contributed by atoms with Gasteiger partial charge in [-0.15, -0.1) is 24.0 Å². The molecule has 7 heteroatoms. The second-order valence-electron chi connectivity index (χ2n) is 7.18. The quantitative estimate of drug-likeness (QED) is 0.208. The van der Waals surface area contributed by atoms with Crippen LogP contribution < -0.4 is 15.4 Å². The van der Waals surface area contributed by atoms with E-state index in [1.165, 1.54) is 25.9 Å². The lowest BCUT2D eigenvalue weighted by Crippen LogP contribution is -2.32. The monoisotopic (exact) mass is 504 g/mol. The zero-order chi connectivity index (χ0) is 19.3. The SMILES string of the molecule is CCNC(=NCC(C)CN1CCCC1)Nc1cccc(OCCCOC)c1.I. The van der Waals surface area contributed by atoms with Gasteiger partial charge in [-0.1, -0.05) is 13.0 Å². The zero-order valence-corrected chi connectivity index (χ0v) is 19.9. The molecule has 1 fully saturated rings. The summed E-state index contributed by atoms with van der Waals surface area (Å²) in [6, 6.07) is 8.00. The van der Waals surface area contributed by atoms with Gasteiger partial charge in [0.25, 0.3) is 0 Å². The van der Waals surface area contributed by atoms with Crippen molar-refractivity contribution in [3.8, 4) is 5.75 Å². The van der Waals surface area contributed by atoms with Crippen LogP contribution >= 0.6 is 24.0 Å². The van der Waals surface area contributed by atoms with E-state index in [0.717, 1.165) is 43.5 Å². The number of rotatable bonds is 11. The van der Waals surface area contributed by atoms with Crippen molar-refractivity contribution in [3.05, 3.63) is 24.3 Å². The van der Waals surface area contributed by atoms with Gasteiger partial charge in [0.15, 0.2) is 5.96 Å². The maximum Gasteiger partial charge on any atom is 0.195 e. The van der Waals surface area contributed by atoms with Gasteiger partial charge in [0.1, 0.15) is 5.75 Å². The number of hydrogen-bond donors (Lipinski definition) is 2. The lowest BCUT2D eigenvalue weighted by Gasteiger charge is -2.19. The predicted molar refractivity (Wildman–Crippen MR) is 128 cm³/mol. The van der Waals surface area contributed by atoms with Crippen LogP contribution in [0.25, 0.3) is 0 Å². The summed E-state index contributed by atoms with van der Waals surface area (Å²) < 4.78 is 10.8. The molecule has 28 heavy (non-hydrogen) atoms. The smallest absolute Gasteiger partial charge is 0.195 e. The highest BCUT2D eigenvalue weighted by Crippen LogP contribution is 2.17. The Morgan fingerprint density at radius 2 is 2.04 bits per heavy atom. The molecule has 0 aromatic heterocycles. The molecular weight excluding hydrogens is 467 g/mol. The summed E-state index contributed by atoms with van der Waals surface area (Å²) in [5, 5.41) is 6.72. The van der Waals surface area contributed by atoms with Crippen molar-refractivity contribution in [1.29, 1.82) is 0 Å². The van der Waals surface area contributed by atoms with Gasteiger partial charge in [-0.25, -0.2) is 0 Å². The fourth-order valence-corrected chi connectivity index (χ4v) is 3.21. The van der Waals surface area contributed by atoms with Crippen LogP contribution in [0.3, 0.4) is 0 Å². The third-order valence-electron chi connectivity index (χ3n) is 4.53. The molecule has 1 aromatic carbocycles. The minimum atomic E-state index is 0. The van der Waals surface area contributed by atoms with Crippen molar-refractivity contribution in [2.24, 2.45) is 10.9 Å². The Morgan fingerprint density at radius 3 is 2.75 bits per heavy atom. The second-order valence-corrected chi connectivity index (χ2v) is 7.18. The first-order chi connectivity index (χ1) is 13.2. The highest BCUT2D eigenvalue weighted by molar-refractivity contribution is 14.0. The molecule has 1 aromatic rings. The molecule has 1 aliphatic heterocycles. The van der Waals surface area contributed by atoms with Gasteiger partial charge in [-0.05, 0) is 50.9 Å². The fourth-order valence-electron chi connectivity index (χ4n) is 3.21. The summed E-state index contributed by atoms with van der Waals surface area (Å²) in [6.45, 7) is 11.0. The van der Waals surface area contributed by atoms with Gasteiger partial charge >= 0.3 is 0 Å². The highest BCUT2D eigenvalue weighted by atomic mass is 127. The van der Waals surface area contributed by atoms with E-state index in [9.17, 15) is 0 Å². The average Bonchev–Trinajstić information content (AvgIpc) is 3.17. The number of hydrogen-bond acceptors (Lipinski definition) is 4. The van der Waals surface area contributed by atoms with E-state index in [1.807, 2.05) is 24.3 Å². The Hall–Kier alpha value is -1.06. The van der Waals surface area contributed by atoms with Gasteiger partial charge < -0.3 is 25.0 Å². The number of guanidine groups is 1. The van der Waals surface area contributed by atoms with E-state index < -0.39 is 0 Å². The minimum Gasteiger partial charge on any atom is -0.493 e. The fraction of sp³-hybridized carbons (Fsp3) is 0.667. The molecule has 1 unspecified atom stereocenters. The van der Waals surface area contributed by atoms with Gasteiger partial charge in [-0.3, -0.25) is 4.99 Å². The molecular formula is C21H37IN4O2. The number of halogens is 1. The topological polar surface area (TPSA) is 58.1 Å². The number of ether oxygens (including phenoxy) is 2. The molecule has 160 valence electrons. The molecule has 1 heterocycles. The summed E-state index contributed by atoms with van der Waals surface area (Å²) in [5.74, 6) is 2.23. The molecule has 1 saturated heterocycles. The first kappa shape index (κ1) is 25.0. The van der Waals surface area contributed by atoms with E-state index in [-0.39, 0.29) is 24.0 Å². The lowest BCUT2D eigenvalue weighted by molar-refractivity contribution is 0.172. The number of nitrogens with zero attached hydrogens (tertiary/aromatic N) is 2. The van der Waals surface area contributed by atoms with E-state index >= 15 is 0 Å². The lowest BCUT2D eigenvalue weighted by atomic mass is 10.2. The van der Waals surface area contributed by atoms with Crippen LogP contribution in [0, 0.1) is 5.92 Å². The number of aliphatic imine (C=N–C) groups is 1. The number of methoxy groups -OCH3 is 1. The van der Waals surface area contributed by atoms with Crippen LogP contribution in [0.15, 0.2) is 29.3 Å². The minimum absolute atomic E-state index is 0. The van der Waals surface area contributed by atoms with Crippen LogP contribution in [0.4, 0.5) is 5.69 Å². The van der Waals surface area contributed by atoms with Crippen molar-refractivity contribution in [1.82, 2.24) is 10.2 Å². The van der Waals surface area contributed by atoms with Crippen LogP contribution in [0.2, 0.25) is 0 Å². The summed E-state index contributed by atoms with van der Waals surface area (Å²) >= 11 is 0. The zero-order valence-electron chi connectivity index (χ0n) is 17.6. The first-order valence-corrected chi connectivity index (χ1v) is 10.2. The van der Waals surface area contributed by atoms with Gasteiger partial charge in [-0.2, -0.15) is 0 Å². The van der Waals surface area contributed by atoms with Gasteiger partial charge in [0, 0.05) is 51.5 Å². The molecule has 1 aliphatic rings. The number of benzene rings is 1. The molecule has 0 saturated carbocycles. The normalized spacial score (nSPS) is 15.8. The molecule has 0 aliphatic carbocycles. The maximum atomic E-state index is 5.78. The molecule has 2 N–H and O–H groups in total. The second kappa shape index (κ2) is 14.9. The maximum absolute atomic E-state index is 5.78. The predicted octanol–water partition coefficient (Wildman–Crippen LogP) is 3.83. The number of nitrogens with one attached hydrogen (secondary N) is 2. The van der Waals surface area contributed by atoms with Crippen LogP contribution in [-0.2, 0) is 4.74 Å². The molecule has 0 radical (unpaired) electrons. The van der Waals surface area contributed by atoms with Crippen molar-refractivity contribution < 1.29 is 9.47 Å². The molecule has 0 amide bonds. The van der Waals surface area contributed by atoms with Crippen molar-refractivity contribution in [2.75, 3.05) is 58.4 Å². The van der Waals surface area contributed by atoms with Crippen molar-refractivity contribution in [2.45, 2.75) is 33.1 Å². The molecule has 6 nitrogen and oxygen atoms in total. The first-order valence-electron chi connectivity index (χ1n) is 10.2. The Kier molecular flexibility index (Phi) is 13.3. The van der Waals surface area contributed by atoms with E-state index in [4.69, 9.17) is 14.5 Å². The average molecular weight is 504 g/mol. The van der Waals surface area contributed by atoms with Crippen molar-refractivity contribution in [3.63, 3.8) is 0 Å². The van der Waals surface area contributed by atoms with E-state index in [1.54, 1.807) is 7.11 Å². The summed E-state index contributed by atoms with van der Waals surface area (Å²) in [6.07, 6.45) is 3.56. The summed E-state index contributed by atoms with van der Waals surface area (Å²) in [7, 11) is 1.71. The van der Waals surface area contributed by atoms with Crippen LogP contribution in [-0.4, -0.2) is 63.9 Å². The van der Waals surface area contributed by atoms with Gasteiger partial charge in [0.05, 0.1) is 6.61 Å². The highest BCUT2D eigenvalue weighted by Gasteiger charge is 2.14. The Morgan fingerprint density at radius 1 is 1.25 bits per heavy atom. The molecule has 0 bridgehead atoms. The van der Waals surface area contributed by atoms with E-state index in [0.29, 0.717) is 19.1 Å². The summed E-state index contributed by atoms with van der Waals surface area (Å²) in [4.78, 5) is 7.32. The summed E-state index contributed by atoms with van der Waals surface area (Å²) in [5.41, 5.74) is 0.978. The molecule has 1 atom stereocenters. The number of anilines is 1. The number of likely N-dealkylation sites (tertiary alicyclic amines) is 1. The largest absolute Gasteiger partial charge is 0.493 e. The van der Waals surface area contributed by atoms with Crippen LogP contribution in [0.5, 0.6) is 5.75 Å². The van der Waals surface area contributed by atoms with Gasteiger partial charge in [0.2, 0.25) is 0 Å². The Labute approximate surface area is 187 Å². The standard InChI is InChI=1S/C21H36N4O2.HI/c1-4-22-21(23-16-18(2)17-25-11-5-6-12-25)24-19-9-7-10-20(15-19)27-14-8-13-26-3;/h7,9-10,15,18H,4-6,8,11-14,16-17H2,1-3H3,(H2,22,23,24);1H. The van der Waals surface area contributed by atoms with E-state index in [2.05, 4.69) is 29.4 Å². The molecule has 0 spiro atoms. The Bertz CT molecular complexity index is 565. The molecule has 2 rings (SSSR count). The Balaban J connectivity index is 0.00000392. The third kappa shape index (κ3) is 9.93.